The van der Waals surface area contributed by atoms with Crippen LogP contribution in [-0.2, 0) is 21.2 Å². The number of amides is 1. The molecule has 6 nitrogen and oxygen atoms in total. The lowest BCUT2D eigenvalue weighted by molar-refractivity contribution is -0.118. The Morgan fingerprint density at radius 2 is 1.69 bits per heavy atom. The fourth-order valence-electron chi connectivity index (χ4n) is 2.73. The van der Waals surface area contributed by atoms with Crippen molar-refractivity contribution in [1.29, 1.82) is 0 Å². The minimum absolute atomic E-state index is 0.00612. The third-order valence-corrected chi connectivity index (χ3v) is 6.12. The molecule has 0 bridgehead atoms. The summed E-state index contributed by atoms with van der Waals surface area (Å²) < 4.78 is 31.7. The lowest BCUT2D eigenvalue weighted by atomic mass is 10.2. The highest BCUT2D eigenvalue weighted by atomic mass is 32.2. The van der Waals surface area contributed by atoms with Crippen LogP contribution in [0.5, 0.6) is 5.75 Å². The molecular weight excluding hydrogens is 388 g/mol. The minimum Gasteiger partial charge on any atom is -0.484 e. The van der Waals surface area contributed by atoms with Crippen LogP contribution in [-0.4, -0.2) is 20.9 Å². The first kappa shape index (κ1) is 20.6. The molecule has 29 heavy (non-hydrogen) atoms. The molecule has 3 aromatic carbocycles. The highest BCUT2D eigenvalue weighted by Gasteiger charge is 2.22. The van der Waals surface area contributed by atoms with Crippen LogP contribution < -0.4 is 15.8 Å². The quantitative estimate of drug-likeness (QED) is 0.623. The van der Waals surface area contributed by atoms with Crippen molar-refractivity contribution in [3.8, 4) is 5.75 Å². The lowest BCUT2D eigenvalue weighted by Gasteiger charge is -2.14. The smallest absolute Gasteiger partial charge is 0.262 e. The van der Waals surface area contributed by atoms with E-state index in [0.29, 0.717) is 11.3 Å². The van der Waals surface area contributed by atoms with Gasteiger partial charge in [0.05, 0.1) is 15.5 Å². The number of benzene rings is 3. The van der Waals surface area contributed by atoms with Gasteiger partial charge in [0.2, 0.25) is 9.84 Å². The van der Waals surface area contributed by atoms with E-state index in [4.69, 9.17) is 10.5 Å². The summed E-state index contributed by atoms with van der Waals surface area (Å²) in [5.74, 6) is 0.0780. The average molecular weight is 410 g/mol. The molecule has 3 N–H and O–H groups in total. The van der Waals surface area contributed by atoms with E-state index >= 15 is 0 Å². The Kier molecular flexibility index (Phi) is 6.31. The second-order valence-corrected chi connectivity index (χ2v) is 8.42. The number of sulfone groups is 1. The maximum Gasteiger partial charge on any atom is 0.262 e. The molecule has 150 valence electrons. The van der Waals surface area contributed by atoms with Crippen LogP contribution in [0.3, 0.4) is 0 Å². The Bertz CT molecular complexity index is 1100. The zero-order chi connectivity index (χ0) is 20.9. The Morgan fingerprint density at radius 3 is 2.34 bits per heavy atom. The predicted molar refractivity (Wildman–Crippen MR) is 112 cm³/mol. The highest BCUT2D eigenvalue weighted by Crippen LogP contribution is 2.29. The number of para-hydroxylation sites is 1. The zero-order valence-corrected chi connectivity index (χ0v) is 16.8. The van der Waals surface area contributed by atoms with Gasteiger partial charge < -0.3 is 15.8 Å². The first-order valence-corrected chi connectivity index (χ1v) is 10.5. The molecule has 0 aliphatic heterocycles. The number of carbonyl (C=O) groups is 1. The van der Waals surface area contributed by atoms with E-state index in [1.807, 2.05) is 13.0 Å². The van der Waals surface area contributed by atoms with Gasteiger partial charge in [-0.25, -0.2) is 8.42 Å². The van der Waals surface area contributed by atoms with E-state index in [1.165, 1.54) is 6.07 Å². The van der Waals surface area contributed by atoms with Gasteiger partial charge in [-0.1, -0.05) is 42.0 Å². The van der Waals surface area contributed by atoms with Gasteiger partial charge in [-0.3, -0.25) is 4.79 Å². The van der Waals surface area contributed by atoms with Crippen molar-refractivity contribution in [1.82, 2.24) is 0 Å². The summed E-state index contributed by atoms with van der Waals surface area (Å²) in [5, 5.41) is 2.64. The van der Waals surface area contributed by atoms with Crippen LogP contribution in [0.25, 0.3) is 0 Å². The number of hydrogen-bond donors (Lipinski definition) is 2. The van der Waals surface area contributed by atoms with Gasteiger partial charge in [-0.15, -0.1) is 0 Å². The number of rotatable bonds is 7. The summed E-state index contributed by atoms with van der Waals surface area (Å²) in [5.41, 5.74) is 7.51. The molecular formula is C22H22N2O4S. The van der Waals surface area contributed by atoms with Crippen LogP contribution in [0.4, 0.5) is 5.69 Å². The fraction of sp³-hybridized carbons (Fsp3) is 0.136. The Balaban J connectivity index is 1.87. The number of nitrogens with two attached hydrogens (primary N) is 1. The molecule has 0 saturated heterocycles. The molecule has 0 aliphatic carbocycles. The van der Waals surface area contributed by atoms with Crippen molar-refractivity contribution in [2.24, 2.45) is 5.73 Å². The molecule has 3 aromatic rings. The van der Waals surface area contributed by atoms with Gasteiger partial charge in [0.1, 0.15) is 5.75 Å². The van der Waals surface area contributed by atoms with Crippen LogP contribution >= 0.6 is 0 Å². The summed E-state index contributed by atoms with van der Waals surface area (Å²) in [7, 11) is -3.82. The number of nitrogens with one attached hydrogen (secondary N) is 1. The van der Waals surface area contributed by atoms with Crippen molar-refractivity contribution >= 4 is 21.4 Å². The van der Waals surface area contributed by atoms with Gasteiger partial charge in [-0.2, -0.15) is 0 Å². The molecule has 0 unspecified atom stereocenters. The molecule has 0 heterocycles. The number of ether oxygens (including phenoxy) is 1. The van der Waals surface area contributed by atoms with Gasteiger partial charge in [0.25, 0.3) is 5.91 Å². The van der Waals surface area contributed by atoms with Crippen LogP contribution in [0.15, 0.2) is 82.6 Å². The van der Waals surface area contributed by atoms with Gasteiger partial charge in [0, 0.05) is 6.54 Å². The molecule has 0 fully saturated rings. The molecule has 0 aromatic heterocycles. The number of hydrogen-bond acceptors (Lipinski definition) is 5. The minimum atomic E-state index is -3.82. The fourth-order valence-corrected chi connectivity index (χ4v) is 4.13. The van der Waals surface area contributed by atoms with Crippen molar-refractivity contribution in [3.05, 3.63) is 83.9 Å². The molecule has 0 aliphatic rings. The van der Waals surface area contributed by atoms with Crippen molar-refractivity contribution in [2.75, 3.05) is 11.9 Å². The molecule has 7 heteroatoms. The maximum atomic E-state index is 13.1. The molecule has 0 saturated carbocycles. The van der Waals surface area contributed by atoms with E-state index in [0.717, 1.165) is 5.56 Å². The monoisotopic (exact) mass is 410 g/mol. The van der Waals surface area contributed by atoms with Crippen LogP contribution in [0, 0.1) is 6.92 Å². The standard InChI is InChI=1S/C22H22N2O4S/c1-16-7-10-19(11-8-16)29(26,27)21-12-9-17(14-23)13-20(21)24-22(25)15-28-18-5-3-2-4-6-18/h2-13H,14-15,23H2,1H3,(H,24,25). The summed E-state index contributed by atoms with van der Waals surface area (Å²) in [4.78, 5) is 12.5. The van der Waals surface area contributed by atoms with Crippen LogP contribution in [0.2, 0.25) is 0 Å². The molecule has 0 radical (unpaired) electrons. The molecule has 3 rings (SSSR count). The number of anilines is 1. The van der Waals surface area contributed by atoms with Crippen molar-refractivity contribution < 1.29 is 17.9 Å². The third-order valence-electron chi connectivity index (χ3n) is 4.29. The summed E-state index contributed by atoms with van der Waals surface area (Å²) >= 11 is 0. The van der Waals surface area contributed by atoms with E-state index in [1.54, 1.807) is 60.7 Å². The lowest BCUT2D eigenvalue weighted by Crippen LogP contribution is -2.22. The van der Waals surface area contributed by atoms with Crippen LogP contribution in [0.1, 0.15) is 11.1 Å². The second kappa shape index (κ2) is 8.89. The topological polar surface area (TPSA) is 98.5 Å². The highest BCUT2D eigenvalue weighted by molar-refractivity contribution is 7.91. The molecule has 0 spiro atoms. The van der Waals surface area contributed by atoms with Gasteiger partial charge in [0.15, 0.2) is 6.61 Å². The average Bonchev–Trinajstić information content (AvgIpc) is 2.73. The molecule has 0 atom stereocenters. The van der Waals surface area contributed by atoms with Gasteiger partial charge in [-0.05, 0) is 48.9 Å². The molecule has 1 amide bonds. The number of aryl methyl sites for hydroxylation is 1. The first-order valence-electron chi connectivity index (χ1n) is 9.02. The summed E-state index contributed by atoms with van der Waals surface area (Å²) in [6.45, 7) is 1.85. The Morgan fingerprint density at radius 1 is 1.00 bits per heavy atom. The normalized spacial score (nSPS) is 11.1. The first-order chi connectivity index (χ1) is 13.9. The van der Waals surface area contributed by atoms with E-state index in [-0.39, 0.29) is 28.6 Å². The van der Waals surface area contributed by atoms with E-state index in [2.05, 4.69) is 5.32 Å². The van der Waals surface area contributed by atoms with Crippen molar-refractivity contribution in [2.45, 2.75) is 23.3 Å². The third kappa shape index (κ3) is 5.01. The maximum absolute atomic E-state index is 13.1. The SMILES string of the molecule is Cc1ccc(S(=O)(=O)c2ccc(CN)cc2NC(=O)COc2ccccc2)cc1. The second-order valence-electron chi connectivity index (χ2n) is 6.50. The number of carbonyl (C=O) groups excluding carboxylic acids is 1. The van der Waals surface area contributed by atoms with Gasteiger partial charge >= 0.3 is 0 Å². The summed E-state index contributed by atoms with van der Waals surface area (Å²) in [6, 6.07) is 20.1. The predicted octanol–water partition coefficient (Wildman–Crippen LogP) is 3.30. The zero-order valence-electron chi connectivity index (χ0n) is 16.0. The summed E-state index contributed by atoms with van der Waals surface area (Å²) in [6.07, 6.45) is 0. The largest absolute Gasteiger partial charge is 0.484 e. The Labute approximate surface area is 170 Å². The Hall–Kier alpha value is -3.16. The van der Waals surface area contributed by atoms with E-state index in [9.17, 15) is 13.2 Å². The van der Waals surface area contributed by atoms with Crippen molar-refractivity contribution in [3.63, 3.8) is 0 Å². The van der Waals surface area contributed by atoms with E-state index < -0.39 is 15.7 Å².